The van der Waals surface area contributed by atoms with Crippen molar-refractivity contribution in [2.24, 2.45) is 0 Å². The molecule has 2 fully saturated rings. The summed E-state index contributed by atoms with van der Waals surface area (Å²) in [4.78, 5) is 22.9. The van der Waals surface area contributed by atoms with Crippen molar-refractivity contribution in [1.29, 1.82) is 0 Å². The first-order chi connectivity index (χ1) is 11.1. The van der Waals surface area contributed by atoms with Crippen LogP contribution in [-0.4, -0.2) is 29.9 Å². The monoisotopic (exact) mass is 321 g/mol. The molecule has 0 N–H and O–H groups in total. The van der Waals surface area contributed by atoms with Crippen LogP contribution in [0.4, 0.5) is 5.69 Å². The molecule has 7 nitrogen and oxygen atoms in total. The van der Waals surface area contributed by atoms with E-state index in [9.17, 15) is 14.9 Å². The van der Waals surface area contributed by atoms with Crippen molar-refractivity contribution in [3.05, 3.63) is 39.9 Å². The van der Waals surface area contributed by atoms with Crippen LogP contribution in [0, 0.1) is 10.1 Å². The summed E-state index contributed by atoms with van der Waals surface area (Å²) >= 11 is 0. The number of ether oxygens (including phenoxy) is 3. The van der Waals surface area contributed by atoms with Crippen LogP contribution in [0.25, 0.3) is 0 Å². The van der Waals surface area contributed by atoms with Gasteiger partial charge in [0.1, 0.15) is 6.10 Å². The summed E-state index contributed by atoms with van der Waals surface area (Å²) in [6, 6.07) is 6.27. The van der Waals surface area contributed by atoms with Crippen molar-refractivity contribution in [3.63, 3.8) is 0 Å². The molecule has 0 amide bonds. The molecule has 0 aromatic heterocycles. The lowest BCUT2D eigenvalue weighted by Gasteiger charge is -2.31. The van der Waals surface area contributed by atoms with Gasteiger partial charge in [-0.05, 0) is 18.9 Å². The number of nitro groups is 1. The van der Waals surface area contributed by atoms with Gasteiger partial charge in [-0.1, -0.05) is 18.6 Å². The molecule has 1 aromatic carbocycles. The minimum Gasteiger partial charge on any atom is -0.467 e. The number of methoxy groups -OCH3 is 1. The predicted molar refractivity (Wildman–Crippen MR) is 79.6 cm³/mol. The molecule has 23 heavy (non-hydrogen) atoms. The van der Waals surface area contributed by atoms with Crippen molar-refractivity contribution in [2.45, 2.75) is 50.1 Å². The molecule has 0 unspecified atom stereocenters. The van der Waals surface area contributed by atoms with Crippen LogP contribution in [0.15, 0.2) is 24.3 Å². The summed E-state index contributed by atoms with van der Waals surface area (Å²) in [5.41, 5.74) is 0.262. The lowest BCUT2D eigenvalue weighted by molar-refractivity contribution is -0.386. The van der Waals surface area contributed by atoms with Crippen molar-refractivity contribution < 1.29 is 23.9 Å². The normalized spacial score (nSPS) is 26.1. The minimum atomic E-state index is -0.987. The maximum absolute atomic E-state index is 12.1. The molecule has 1 aromatic rings. The Kier molecular flexibility index (Phi) is 4.32. The molecular formula is C16H19NO6. The second-order valence-electron chi connectivity index (χ2n) is 5.89. The zero-order valence-electron chi connectivity index (χ0n) is 12.9. The van der Waals surface area contributed by atoms with E-state index < -0.39 is 28.9 Å². The lowest BCUT2D eigenvalue weighted by Crippen LogP contribution is -2.35. The smallest absolute Gasteiger partial charge is 0.338 e. The summed E-state index contributed by atoms with van der Waals surface area (Å²) in [5.74, 6) is -1.42. The molecule has 124 valence electrons. The Hall–Kier alpha value is -1.99. The number of nitrogens with zero attached hydrogens (tertiary/aromatic N) is 1. The van der Waals surface area contributed by atoms with Gasteiger partial charge in [-0.3, -0.25) is 10.1 Å². The van der Waals surface area contributed by atoms with Gasteiger partial charge in [0, 0.05) is 18.9 Å². The number of rotatable bonds is 3. The van der Waals surface area contributed by atoms with Gasteiger partial charge < -0.3 is 14.2 Å². The van der Waals surface area contributed by atoms with Crippen molar-refractivity contribution in [1.82, 2.24) is 0 Å². The predicted octanol–water partition coefficient (Wildman–Crippen LogP) is 2.88. The fraction of sp³-hybridized carbons (Fsp3) is 0.562. The Morgan fingerprint density at radius 2 is 1.96 bits per heavy atom. The largest absolute Gasteiger partial charge is 0.467 e. The standard InChI is InChI=1S/C16H19NO6/c1-21-15(18)14-13(11-7-3-4-8-12(11)17(19)20)22-16(23-14)9-5-2-6-10-16/h3-4,7-8,13-14H,2,5-6,9-10H2,1H3/t13-,14-/m0/s1. The first-order valence-corrected chi connectivity index (χ1v) is 7.73. The van der Waals surface area contributed by atoms with E-state index in [0.29, 0.717) is 18.4 Å². The van der Waals surface area contributed by atoms with Crippen molar-refractivity contribution >= 4 is 11.7 Å². The van der Waals surface area contributed by atoms with Crippen molar-refractivity contribution in [2.75, 3.05) is 7.11 Å². The van der Waals surface area contributed by atoms with Crippen LogP contribution in [0.1, 0.15) is 43.8 Å². The fourth-order valence-electron chi connectivity index (χ4n) is 3.35. The van der Waals surface area contributed by atoms with Crippen LogP contribution < -0.4 is 0 Å². The molecule has 3 rings (SSSR count). The topological polar surface area (TPSA) is 87.9 Å². The minimum absolute atomic E-state index is 0.0807. The summed E-state index contributed by atoms with van der Waals surface area (Å²) < 4.78 is 16.8. The molecule has 1 heterocycles. The molecule has 7 heteroatoms. The van der Waals surface area contributed by atoms with Crippen LogP contribution in [0.3, 0.4) is 0 Å². The average Bonchev–Trinajstić information content (AvgIpc) is 2.93. The highest BCUT2D eigenvalue weighted by Gasteiger charge is 2.53. The van der Waals surface area contributed by atoms with Gasteiger partial charge in [-0.25, -0.2) is 4.79 Å². The summed E-state index contributed by atoms with van der Waals surface area (Å²) in [6.07, 6.45) is 2.51. The highest BCUT2D eigenvalue weighted by Crippen LogP contribution is 2.47. The summed E-state index contributed by atoms with van der Waals surface area (Å²) in [5, 5.41) is 11.3. The highest BCUT2D eigenvalue weighted by molar-refractivity contribution is 5.76. The van der Waals surface area contributed by atoms with Crippen LogP contribution >= 0.6 is 0 Å². The number of nitro benzene ring substituents is 1. The second-order valence-corrected chi connectivity index (χ2v) is 5.89. The van der Waals surface area contributed by atoms with Crippen LogP contribution in [0.2, 0.25) is 0 Å². The van der Waals surface area contributed by atoms with Crippen molar-refractivity contribution in [3.8, 4) is 0 Å². The molecule has 0 bridgehead atoms. The van der Waals surface area contributed by atoms with Gasteiger partial charge in [-0.2, -0.15) is 0 Å². The quantitative estimate of drug-likeness (QED) is 0.483. The van der Waals surface area contributed by atoms with E-state index in [1.54, 1.807) is 18.2 Å². The SMILES string of the molecule is COC(=O)[C@H]1OC2(CCCCC2)O[C@H]1c1ccccc1[N+](=O)[O-]. The van der Waals surface area contributed by atoms with Gasteiger partial charge >= 0.3 is 5.97 Å². The average molecular weight is 321 g/mol. The molecule has 1 spiro atoms. The third-order valence-corrected chi connectivity index (χ3v) is 4.45. The second kappa shape index (κ2) is 6.25. The lowest BCUT2D eigenvalue weighted by atomic mass is 9.94. The molecule has 1 saturated carbocycles. The fourth-order valence-corrected chi connectivity index (χ4v) is 3.35. The molecular weight excluding hydrogens is 302 g/mol. The molecule has 2 aliphatic rings. The van der Waals surface area contributed by atoms with E-state index in [2.05, 4.69) is 0 Å². The van der Waals surface area contributed by atoms with Gasteiger partial charge in [0.05, 0.1) is 17.6 Å². The van der Waals surface area contributed by atoms with E-state index in [4.69, 9.17) is 14.2 Å². The number of esters is 1. The van der Waals surface area contributed by atoms with Gasteiger partial charge in [0.15, 0.2) is 11.9 Å². The van der Waals surface area contributed by atoms with E-state index >= 15 is 0 Å². The third-order valence-electron chi connectivity index (χ3n) is 4.45. The number of hydrogen-bond acceptors (Lipinski definition) is 6. The Balaban J connectivity index is 1.98. The Labute approximate surface area is 133 Å². The number of para-hydroxylation sites is 1. The summed E-state index contributed by atoms with van der Waals surface area (Å²) in [7, 11) is 1.27. The highest BCUT2D eigenvalue weighted by atomic mass is 16.8. The van der Waals surface area contributed by atoms with Crippen LogP contribution in [0.5, 0.6) is 0 Å². The Morgan fingerprint density at radius 3 is 2.61 bits per heavy atom. The number of benzene rings is 1. The third kappa shape index (κ3) is 2.94. The number of carbonyl (C=O) groups excluding carboxylic acids is 1. The molecule has 2 atom stereocenters. The number of carbonyl (C=O) groups is 1. The Morgan fingerprint density at radius 1 is 1.26 bits per heavy atom. The number of hydrogen-bond donors (Lipinski definition) is 0. The maximum atomic E-state index is 12.1. The first-order valence-electron chi connectivity index (χ1n) is 7.73. The van der Waals surface area contributed by atoms with E-state index in [-0.39, 0.29) is 5.69 Å². The van der Waals surface area contributed by atoms with Gasteiger partial charge in [0.25, 0.3) is 5.69 Å². The van der Waals surface area contributed by atoms with Gasteiger partial charge in [0.2, 0.25) is 0 Å². The molecule has 0 radical (unpaired) electrons. The van der Waals surface area contributed by atoms with E-state index in [0.717, 1.165) is 19.3 Å². The molecule has 1 saturated heterocycles. The zero-order valence-corrected chi connectivity index (χ0v) is 12.9. The van der Waals surface area contributed by atoms with E-state index in [1.165, 1.54) is 13.2 Å². The summed E-state index contributed by atoms with van der Waals surface area (Å²) in [6.45, 7) is 0. The first kappa shape index (κ1) is 15.9. The van der Waals surface area contributed by atoms with Gasteiger partial charge in [-0.15, -0.1) is 0 Å². The van der Waals surface area contributed by atoms with Crippen LogP contribution in [-0.2, 0) is 19.0 Å². The van der Waals surface area contributed by atoms with E-state index in [1.807, 2.05) is 0 Å². The Bertz CT molecular complexity index is 610. The molecule has 1 aliphatic heterocycles. The maximum Gasteiger partial charge on any atom is 0.338 e. The molecule has 1 aliphatic carbocycles. The zero-order chi connectivity index (χ0) is 16.4.